The van der Waals surface area contributed by atoms with Gasteiger partial charge in [0.15, 0.2) is 23.0 Å². The van der Waals surface area contributed by atoms with Crippen LogP contribution in [0.1, 0.15) is 65.3 Å². The molecule has 4 aliphatic rings. The predicted molar refractivity (Wildman–Crippen MR) is 196 cm³/mol. The zero-order chi connectivity index (χ0) is 36.3. The van der Waals surface area contributed by atoms with Gasteiger partial charge in [0.25, 0.3) is 11.8 Å². The molecule has 4 aliphatic heterocycles. The van der Waals surface area contributed by atoms with Crippen molar-refractivity contribution in [1.82, 2.24) is 15.1 Å². The Labute approximate surface area is 299 Å². The Hall–Kier alpha value is -4.57. The van der Waals surface area contributed by atoms with Gasteiger partial charge in [-0.25, -0.2) is 0 Å². The van der Waals surface area contributed by atoms with Gasteiger partial charge >= 0.3 is 0 Å². The molecule has 0 radical (unpaired) electrons. The minimum atomic E-state index is -3.07. The summed E-state index contributed by atoms with van der Waals surface area (Å²) in [6.07, 6.45) is 6.14. The molecular weight excluding hydrogens is 671 g/mol. The van der Waals surface area contributed by atoms with Crippen LogP contribution in [0.3, 0.4) is 0 Å². The molecule has 0 aliphatic carbocycles. The van der Waals surface area contributed by atoms with Crippen LogP contribution in [0.2, 0.25) is 0 Å². The average molecular weight is 719 g/mol. The average Bonchev–Trinajstić information content (AvgIpc) is 3.62. The highest BCUT2D eigenvalue weighted by molar-refractivity contribution is 7.63. The summed E-state index contributed by atoms with van der Waals surface area (Å²) in [7, 11) is -0.0406. The lowest BCUT2D eigenvalue weighted by Crippen LogP contribution is -2.35. The molecule has 0 aromatic heterocycles. The zero-order valence-corrected chi connectivity index (χ0v) is 30.6. The minimum absolute atomic E-state index is 0.000471. The van der Waals surface area contributed by atoms with Crippen molar-refractivity contribution < 1.29 is 37.9 Å². The first-order valence-corrected chi connectivity index (χ1v) is 19.8. The molecule has 3 amide bonds. The monoisotopic (exact) mass is 718 g/mol. The molecule has 1 unspecified atom stereocenters. The Bertz CT molecular complexity index is 1820. The second-order valence-electron chi connectivity index (χ2n) is 13.7. The number of carbonyl (C=O) groups excluding carboxylic acids is 3. The molecule has 6 rings (SSSR count). The Morgan fingerprint density at radius 1 is 0.902 bits per heavy atom. The number of benzene rings is 2. The second-order valence-corrected chi connectivity index (χ2v) is 17.0. The fourth-order valence-corrected chi connectivity index (χ4v) is 9.05. The van der Waals surface area contributed by atoms with E-state index in [0.29, 0.717) is 72.2 Å². The van der Waals surface area contributed by atoms with Crippen molar-refractivity contribution in [3.63, 3.8) is 0 Å². The molecule has 2 fully saturated rings. The van der Waals surface area contributed by atoms with Crippen LogP contribution in [0.25, 0.3) is 0 Å². The van der Waals surface area contributed by atoms with Crippen molar-refractivity contribution >= 4 is 36.8 Å². The van der Waals surface area contributed by atoms with Crippen molar-refractivity contribution in [2.75, 3.05) is 59.1 Å². The second kappa shape index (κ2) is 15.4. The molecule has 1 N–H and O–H groups in total. The number of carbonyl (C=O) groups is 3. The number of rotatable bonds is 14. The van der Waals surface area contributed by atoms with Crippen molar-refractivity contribution in [2.24, 2.45) is 4.99 Å². The van der Waals surface area contributed by atoms with Gasteiger partial charge in [0, 0.05) is 55.7 Å². The fraction of sp³-hybridized carbons (Fsp3) is 0.474. The van der Waals surface area contributed by atoms with E-state index in [4.69, 9.17) is 18.9 Å². The van der Waals surface area contributed by atoms with E-state index in [9.17, 15) is 18.9 Å². The van der Waals surface area contributed by atoms with Gasteiger partial charge in [-0.2, -0.15) is 0 Å². The number of nitrogens with zero attached hydrogens (tertiary/aromatic N) is 3. The van der Waals surface area contributed by atoms with Crippen LogP contribution in [0, 0.1) is 0 Å². The summed E-state index contributed by atoms with van der Waals surface area (Å²) < 4.78 is 37.9. The van der Waals surface area contributed by atoms with Gasteiger partial charge in [-0.1, -0.05) is 31.2 Å². The summed E-state index contributed by atoms with van der Waals surface area (Å²) >= 11 is 0. The number of aryl methyl sites for hydroxylation is 1. The molecule has 2 aromatic carbocycles. The van der Waals surface area contributed by atoms with Crippen molar-refractivity contribution in [3.8, 4) is 23.0 Å². The number of nitrogens with one attached hydrogen (secondary N) is 1. The molecule has 12 nitrogen and oxygen atoms in total. The van der Waals surface area contributed by atoms with E-state index < -0.39 is 7.14 Å². The highest BCUT2D eigenvalue weighted by Gasteiger charge is 2.36. The van der Waals surface area contributed by atoms with E-state index in [-0.39, 0.29) is 61.6 Å². The molecule has 51 heavy (non-hydrogen) atoms. The number of fused-ring (bicyclic) bond motifs is 4. The molecule has 13 heteroatoms. The molecule has 2 saturated heterocycles. The molecule has 2 aromatic rings. The molecule has 272 valence electrons. The normalized spacial score (nSPS) is 20.5. The lowest BCUT2D eigenvalue weighted by molar-refractivity contribution is -0.120. The summed E-state index contributed by atoms with van der Waals surface area (Å²) in [4.78, 5) is 47.4. The van der Waals surface area contributed by atoms with E-state index in [2.05, 4.69) is 23.5 Å². The van der Waals surface area contributed by atoms with Gasteiger partial charge in [-0.3, -0.25) is 19.4 Å². The van der Waals surface area contributed by atoms with Crippen LogP contribution in [0.4, 0.5) is 5.69 Å². The Morgan fingerprint density at radius 3 is 2.22 bits per heavy atom. The summed E-state index contributed by atoms with van der Waals surface area (Å²) in [6.45, 7) is 11.3. The lowest BCUT2D eigenvalue weighted by Gasteiger charge is -2.22. The molecule has 0 bridgehead atoms. The number of aliphatic imine (C=N–C) groups is 1. The molecule has 3 atom stereocenters. The van der Waals surface area contributed by atoms with E-state index in [0.717, 1.165) is 36.0 Å². The van der Waals surface area contributed by atoms with Crippen molar-refractivity contribution in [1.29, 1.82) is 0 Å². The Balaban J connectivity index is 1.14. The van der Waals surface area contributed by atoms with Crippen molar-refractivity contribution in [2.45, 2.75) is 57.5 Å². The summed E-state index contributed by atoms with van der Waals surface area (Å²) in [5.41, 5.74) is 4.44. The number of hydrogen-bond donors (Lipinski definition) is 1. The van der Waals surface area contributed by atoms with Gasteiger partial charge in [0.1, 0.15) is 7.14 Å². The van der Waals surface area contributed by atoms with E-state index in [1.54, 1.807) is 29.3 Å². The van der Waals surface area contributed by atoms with Crippen LogP contribution in [0.15, 0.2) is 53.6 Å². The molecular formula is C38H47N4O8P. The zero-order valence-electron chi connectivity index (χ0n) is 29.7. The minimum Gasteiger partial charge on any atom is -0.493 e. The largest absolute Gasteiger partial charge is 0.493 e. The van der Waals surface area contributed by atoms with Crippen LogP contribution >= 0.6 is 7.14 Å². The van der Waals surface area contributed by atoms with Gasteiger partial charge in [-0.15, -0.1) is 0 Å². The van der Waals surface area contributed by atoms with E-state index >= 15 is 0 Å². The van der Waals surface area contributed by atoms with Crippen LogP contribution in [-0.4, -0.2) is 105 Å². The number of amides is 3. The van der Waals surface area contributed by atoms with Gasteiger partial charge in [0.05, 0.1) is 51.0 Å². The predicted octanol–water partition coefficient (Wildman–Crippen LogP) is 5.60. The molecule has 0 spiro atoms. The topological polar surface area (TPSA) is 136 Å². The van der Waals surface area contributed by atoms with Gasteiger partial charge in [-0.05, 0) is 55.9 Å². The summed E-state index contributed by atoms with van der Waals surface area (Å²) in [5, 5.41) is 2.84. The number of hydrogen-bond acceptors (Lipinski definition) is 9. The van der Waals surface area contributed by atoms with Gasteiger partial charge in [0.2, 0.25) is 5.91 Å². The van der Waals surface area contributed by atoms with Crippen LogP contribution < -0.4 is 24.3 Å². The Morgan fingerprint density at radius 2 is 1.53 bits per heavy atom. The highest BCUT2D eigenvalue weighted by Crippen LogP contribution is 2.45. The third-order valence-corrected chi connectivity index (χ3v) is 12.7. The first kappa shape index (κ1) is 36.2. The van der Waals surface area contributed by atoms with E-state index in [1.165, 1.54) is 14.2 Å². The quantitative estimate of drug-likeness (QED) is 0.197. The maximum Gasteiger partial charge on any atom is 0.257 e. The van der Waals surface area contributed by atoms with E-state index in [1.807, 2.05) is 17.9 Å². The summed E-state index contributed by atoms with van der Waals surface area (Å²) in [6, 6.07) is 6.90. The SMILES string of the molecule is C=C1C[C@H]2CCc3cc(OCCP(=O)(CCOc4cc5c(cc4OC)C(=O)N4CC(=C)C[C@H]4C=N5)CNC(=O)CCC)c(OC)cc3C(=O)N2C1. The number of ether oxygens (including phenoxy) is 4. The van der Waals surface area contributed by atoms with Gasteiger partial charge < -0.3 is 38.6 Å². The summed E-state index contributed by atoms with van der Waals surface area (Å²) in [5.74, 6) is 1.30. The first-order chi connectivity index (χ1) is 24.5. The van der Waals surface area contributed by atoms with Crippen LogP contribution in [0.5, 0.6) is 23.0 Å². The molecule has 0 saturated carbocycles. The standard InChI is InChI=1S/C38H47N4O8P/c1-6-7-36(43)40-23-51(46,12-10-49-34-16-26-8-9-27-14-24(2)21-41(27)37(44)29(26)17-32(34)47-4)13-11-50-35-19-31-30(18-33(35)48-5)38(45)42-22-25(3)15-28(42)20-39-31/h16-20,27-28H,2-3,6-15,21-23H2,1,4-5H3,(H,40,43)/t27-,28+,51?/m1/s1. The third kappa shape index (κ3) is 7.86. The smallest absolute Gasteiger partial charge is 0.257 e. The maximum absolute atomic E-state index is 14.4. The Kier molecular flexibility index (Phi) is 10.9. The maximum atomic E-state index is 14.4. The first-order valence-electron chi connectivity index (χ1n) is 17.5. The lowest BCUT2D eigenvalue weighted by atomic mass is 10.00. The highest BCUT2D eigenvalue weighted by atomic mass is 31.2. The number of methoxy groups -OCH3 is 2. The van der Waals surface area contributed by atoms with Crippen LogP contribution in [-0.2, 0) is 15.8 Å². The fourth-order valence-electron chi connectivity index (χ4n) is 7.20. The third-order valence-electron chi connectivity index (χ3n) is 9.99. The van der Waals surface area contributed by atoms with Crippen molar-refractivity contribution in [3.05, 3.63) is 65.3 Å². The molecule has 4 heterocycles.